The standard InChI is InChI=1S/C12H15NO3/c1-16-11(15)8-3-2-4-9(5-8)12(13)6-10(14)7-12/h2-5,10,14H,6-7,13H2,1H3. The van der Waals surface area contributed by atoms with Crippen LogP contribution in [0.2, 0.25) is 0 Å². The summed E-state index contributed by atoms with van der Waals surface area (Å²) in [4.78, 5) is 11.4. The van der Waals surface area contributed by atoms with Gasteiger partial charge >= 0.3 is 5.97 Å². The van der Waals surface area contributed by atoms with Gasteiger partial charge in [0.15, 0.2) is 0 Å². The number of ether oxygens (including phenoxy) is 1. The van der Waals surface area contributed by atoms with E-state index in [1.165, 1.54) is 7.11 Å². The number of carbonyl (C=O) groups is 1. The molecular weight excluding hydrogens is 206 g/mol. The van der Waals surface area contributed by atoms with Crippen LogP contribution in [-0.4, -0.2) is 24.3 Å². The number of esters is 1. The van der Waals surface area contributed by atoms with Crippen molar-refractivity contribution in [1.82, 2.24) is 0 Å². The fourth-order valence-corrected chi connectivity index (χ4v) is 2.09. The van der Waals surface area contributed by atoms with Crippen molar-refractivity contribution in [3.8, 4) is 0 Å². The lowest BCUT2D eigenvalue weighted by Crippen LogP contribution is -2.51. The Morgan fingerprint density at radius 2 is 2.25 bits per heavy atom. The van der Waals surface area contributed by atoms with E-state index in [1.54, 1.807) is 18.2 Å². The van der Waals surface area contributed by atoms with E-state index in [0.29, 0.717) is 18.4 Å². The van der Waals surface area contributed by atoms with Gasteiger partial charge in [-0.05, 0) is 30.5 Å². The molecular formula is C12H15NO3. The maximum Gasteiger partial charge on any atom is 0.337 e. The molecule has 0 amide bonds. The van der Waals surface area contributed by atoms with E-state index in [4.69, 9.17) is 5.73 Å². The summed E-state index contributed by atoms with van der Waals surface area (Å²) in [5.41, 5.74) is 6.98. The van der Waals surface area contributed by atoms with Crippen molar-refractivity contribution in [2.24, 2.45) is 5.73 Å². The Bertz CT molecular complexity index is 410. The average Bonchev–Trinajstić information content (AvgIpc) is 2.26. The van der Waals surface area contributed by atoms with Crippen molar-refractivity contribution < 1.29 is 14.6 Å². The average molecular weight is 221 g/mol. The molecule has 0 aromatic heterocycles. The van der Waals surface area contributed by atoms with Gasteiger partial charge in [-0.3, -0.25) is 0 Å². The number of hydrogen-bond acceptors (Lipinski definition) is 4. The van der Waals surface area contributed by atoms with E-state index in [0.717, 1.165) is 5.56 Å². The summed E-state index contributed by atoms with van der Waals surface area (Å²) >= 11 is 0. The van der Waals surface area contributed by atoms with Crippen LogP contribution in [0.25, 0.3) is 0 Å². The molecule has 1 saturated carbocycles. The topological polar surface area (TPSA) is 72.5 Å². The molecule has 0 heterocycles. The third-order valence-electron chi connectivity index (χ3n) is 3.06. The molecule has 1 aliphatic rings. The van der Waals surface area contributed by atoms with Gasteiger partial charge < -0.3 is 15.6 Å². The van der Waals surface area contributed by atoms with Crippen LogP contribution < -0.4 is 5.73 Å². The highest BCUT2D eigenvalue weighted by molar-refractivity contribution is 5.89. The number of carbonyl (C=O) groups excluding carboxylic acids is 1. The van der Waals surface area contributed by atoms with Gasteiger partial charge in [-0.2, -0.15) is 0 Å². The third-order valence-corrected chi connectivity index (χ3v) is 3.06. The molecule has 4 nitrogen and oxygen atoms in total. The van der Waals surface area contributed by atoms with Crippen LogP contribution in [0.4, 0.5) is 0 Å². The quantitative estimate of drug-likeness (QED) is 0.724. The molecule has 0 spiro atoms. The number of aliphatic hydroxyl groups is 1. The molecule has 86 valence electrons. The Morgan fingerprint density at radius 3 is 2.81 bits per heavy atom. The first-order valence-corrected chi connectivity index (χ1v) is 5.21. The summed E-state index contributed by atoms with van der Waals surface area (Å²) in [5, 5.41) is 9.30. The van der Waals surface area contributed by atoms with Crippen molar-refractivity contribution in [2.45, 2.75) is 24.5 Å². The van der Waals surface area contributed by atoms with Gasteiger partial charge in [0.25, 0.3) is 0 Å². The molecule has 1 fully saturated rings. The van der Waals surface area contributed by atoms with Crippen LogP contribution in [0.15, 0.2) is 24.3 Å². The summed E-state index contributed by atoms with van der Waals surface area (Å²) in [7, 11) is 1.35. The summed E-state index contributed by atoms with van der Waals surface area (Å²) in [6, 6.07) is 7.07. The van der Waals surface area contributed by atoms with Gasteiger partial charge in [-0.1, -0.05) is 12.1 Å². The van der Waals surface area contributed by atoms with Crippen LogP contribution >= 0.6 is 0 Å². The Hall–Kier alpha value is -1.39. The largest absolute Gasteiger partial charge is 0.465 e. The predicted octanol–water partition coefficient (Wildman–Crippen LogP) is 0.782. The van der Waals surface area contributed by atoms with E-state index in [2.05, 4.69) is 4.74 Å². The number of hydrogen-bond donors (Lipinski definition) is 2. The zero-order chi connectivity index (χ0) is 11.8. The van der Waals surface area contributed by atoms with Crippen molar-refractivity contribution >= 4 is 5.97 Å². The number of nitrogens with two attached hydrogens (primary N) is 1. The smallest absolute Gasteiger partial charge is 0.337 e. The summed E-state index contributed by atoms with van der Waals surface area (Å²) in [6.45, 7) is 0. The van der Waals surface area contributed by atoms with E-state index in [9.17, 15) is 9.90 Å². The maximum absolute atomic E-state index is 11.4. The Balaban J connectivity index is 2.26. The minimum Gasteiger partial charge on any atom is -0.465 e. The highest BCUT2D eigenvalue weighted by Crippen LogP contribution is 2.39. The molecule has 0 radical (unpaired) electrons. The summed E-state index contributed by atoms with van der Waals surface area (Å²) in [6.07, 6.45) is 0.752. The lowest BCUT2D eigenvalue weighted by molar-refractivity contribution is 0.0209. The molecule has 0 saturated heterocycles. The molecule has 4 heteroatoms. The van der Waals surface area contributed by atoms with Crippen LogP contribution in [0.1, 0.15) is 28.8 Å². The van der Waals surface area contributed by atoms with Gasteiger partial charge in [-0.15, -0.1) is 0 Å². The van der Waals surface area contributed by atoms with Crippen LogP contribution in [0, 0.1) is 0 Å². The number of aliphatic hydroxyl groups excluding tert-OH is 1. The maximum atomic E-state index is 11.4. The Kier molecular flexibility index (Phi) is 2.69. The molecule has 0 bridgehead atoms. The van der Waals surface area contributed by atoms with Crippen molar-refractivity contribution in [1.29, 1.82) is 0 Å². The van der Waals surface area contributed by atoms with Crippen LogP contribution in [-0.2, 0) is 10.3 Å². The van der Waals surface area contributed by atoms with Crippen LogP contribution in [0.5, 0.6) is 0 Å². The first-order valence-electron chi connectivity index (χ1n) is 5.21. The second kappa shape index (κ2) is 3.88. The molecule has 2 rings (SSSR count). The number of methoxy groups -OCH3 is 1. The molecule has 16 heavy (non-hydrogen) atoms. The van der Waals surface area contributed by atoms with Crippen LogP contribution in [0.3, 0.4) is 0 Å². The molecule has 1 aromatic rings. The zero-order valence-corrected chi connectivity index (χ0v) is 9.14. The number of benzene rings is 1. The van der Waals surface area contributed by atoms with Crippen molar-refractivity contribution in [2.75, 3.05) is 7.11 Å². The van der Waals surface area contributed by atoms with Crippen molar-refractivity contribution in [3.63, 3.8) is 0 Å². The normalized spacial score (nSPS) is 28.3. The number of rotatable bonds is 2. The van der Waals surface area contributed by atoms with Gasteiger partial charge in [0.05, 0.1) is 18.8 Å². The van der Waals surface area contributed by atoms with E-state index in [-0.39, 0.29) is 12.1 Å². The molecule has 0 aliphatic heterocycles. The molecule has 0 unspecified atom stereocenters. The van der Waals surface area contributed by atoms with E-state index < -0.39 is 5.54 Å². The molecule has 1 aromatic carbocycles. The lowest BCUT2D eigenvalue weighted by atomic mass is 9.70. The predicted molar refractivity (Wildman–Crippen MR) is 58.9 cm³/mol. The second-order valence-corrected chi connectivity index (χ2v) is 4.29. The summed E-state index contributed by atoms with van der Waals surface area (Å²) < 4.78 is 4.65. The Labute approximate surface area is 94.0 Å². The summed E-state index contributed by atoms with van der Waals surface area (Å²) in [5.74, 6) is -0.370. The minimum atomic E-state index is -0.497. The molecule has 3 N–H and O–H groups in total. The van der Waals surface area contributed by atoms with Gasteiger partial charge in [-0.25, -0.2) is 4.79 Å². The fourth-order valence-electron chi connectivity index (χ4n) is 2.09. The molecule has 0 atom stereocenters. The van der Waals surface area contributed by atoms with Gasteiger partial charge in [0.2, 0.25) is 0 Å². The minimum absolute atomic E-state index is 0.327. The lowest BCUT2D eigenvalue weighted by Gasteiger charge is -2.42. The first-order chi connectivity index (χ1) is 7.55. The monoisotopic (exact) mass is 221 g/mol. The van der Waals surface area contributed by atoms with E-state index in [1.807, 2.05) is 6.07 Å². The zero-order valence-electron chi connectivity index (χ0n) is 9.14. The fraction of sp³-hybridized carbons (Fsp3) is 0.417. The Morgan fingerprint density at radius 1 is 1.56 bits per heavy atom. The van der Waals surface area contributed by atoms with E-state index >= 15 is 0 Å². The highest BCUT2D eigenvalue weighted by atomic mass is 16.5. The van der Waals surface area contributed by atoms with Crippen molar-refractivity contribution in [3.05, 3.63) is 35.4 Å². The SMILES string of the molecule is COC(=O)c1cccc(C2(N)CC(O)C2)c1. The first kappa shape index (κ1) is 11.1. The highest BCUT2D eigenvalue weighted by Gasteiger charge is 2.41. The molecule has 1 aliphatic carbocycles. The second-order valence-electron chi connectivity index (χ2n) is 4.29. The third kappa shape index (κ3) is 1.81. The van der Waals surface area contributed by atoms with Gasteiger partial charge in [0, 0.05) is 5.54 Å². The van der Waals surface area contributed by atoms with Gasteiger partial charge in [0.1, 0.15) is 0 Å².